The molecule has 0 amide bonds. The predicted octanol–water partition coefficient (Wildman–Crippen LogP) is 3.12. The Morgan fingerprint density at radius 1 is 1.40 bits per heavy atom. The van der Waals surface area contributed by atoms with Gasteiger partial charge < -0.3 is 5.32 Å². The molecule has 3 aromatic heterocycles. The number of nitrogens with one attached hydrogen (secondary N) is 2. The minimum atomic E-state index is 0.200. The Labute approximate surface area is 120 Å². The van der Waals surface area contributed by atoms with Crippen LogP contribution in [0.25, 0.3) is 5.52 Å². The number of hydrogen-bond donors (Lipinski definition) is 2. The summed E-state index contributed by atoms with van der Waals surface area (Å²) in [4.78, 5) is 4.23. The van der Waals surface area contributed by atoms with Crippen LogP contribution in [0.2, 0.25) is 5.28 Å². The van der Waals surface area contributed by atoms with E-state index in [0.717, 1.165) is 11.3 Å². The van der Waals surface area contributed by atoms with Gasteiger partial charge in [0, 0.05) is 23.9 Å². The minimum Gasteiger partial charge on any atom is -0.322 e. The van der Waals surface area contributed by atoms with E-state index in [1.807, 2.05) is 24.4 Å². The molecule has 0 spiro atoms. The van der Waals surface area contributed by atoms with Crippen LogP contribution in [0.4, 0.5) is 11.6 Å². The Morgan fingerprint density at radius 2 is 2.30 bits per heavy atom. The third-order valence-corrected chi connectivity index (χ3v) is 3.91. The number of halogens is 1. The van der Waals surface area contributed by atoms with Gasteiger partial charge in [-0.05, 0) is 36.6 Å². The maximum Gasteiger partial charge on any atom is 0.243 e. The summed E-state index contributed by atoms with van der Waals surface area (Å²) in [6.45, 7) is 0. The van der Waals surface area contributed by atoms with Crippen LogP contribution in [-0.2, 0) is 0 Å². The molecule has 3 aromatic rings. The molecule has 0 aliphatic heterocycles. The molecule has 1 fully saturated rings. The van der Waals surface area contributed by atoms with Crippen LogP contribution >= 0.6 is 11.6 Å². The second-order valence-electron chi connectivity index (χ2n) is 5.03. The van der Waals surface area contributed by atoms with Crippen molar-refractivity contribution in [2.45, 2.75) is 25.2 Å². The topological polar surface area (TPSA) is 70.9 Å². The van der Waals surface area contributed by atoms with Gasteiger partial charge in [-0.1, -0.05) is 6.42 Å². The Kier molecular flexibility index (Phi) is 2.63. The van der Waals surface area contributed by atoms with Crippen molar-refractivity contribution in [1.29, 1.82) is 0 Å². The van der Waals surface area contributed by atoms with Crippen LogP contribution in [0.3, 0.4) is 0 Å². The maximum atomic E-state index is 5.92. The van der Waals surface area contributed by atoms with Gasteiger partial charge in [0.05, 0.1) is 0 Å². The number of aromatic amines is 1. The highest BCUT2D eigenvalue weighted by atomic mass is 35.5. The van der Waals surface area contributed by atoms with Crippen LogP contribution in [0.1, 0.15) is 30.9 Å². The molecule has 1 aliphatic carbocycles. The highest BCUT2D eigenvalue weighted by Crippen LogP contribution is 2.36. The zero-order chi connectivity index (χ0) is 13.5. The summed E-state index contributed by atoms with van der Waals surface area (Å²) in [5, 5.41) is 14.9. The van der Waals surface area contributed by atoms with Crippen molar-refractivity contribution >= 4 is 28.8 Å². The first-order chi connectivity index (χ1) is 9.79. The first-order valence-corrected chi connectivity index (χ1v) is 7.00. The molecule has 7 heteroatoms. The standard InChI is InChI=1S/C13H13ClN6/c14-13-16-12(10-5-2-6-20(10)19-13)15-11-7-9(17-18-11)8-3-1-4-8/h2,5-8H,1,3-4H2,(H2,15,16,17,18,19). The number of anilines is 2. The molecule has 0 aromatic carbocycles. The van der Waals surface area contributed by atoms with Gasteiger partial charge in [0.2, 0.25) is 5.28 Å². The molecule has 6 nitrogen and oxygen atoms in total. The summed E-state index contributed by atoms with van der Waals surface area (Å²) < 4.78 is 1.69. The number of rotatable bonds is 3. The van der Waals surface area contributed by atoms with Crippen molar-refractivity contribution in [1.82, 2.24) is 24.8 Å². The third kappa shape index (κ3) is 1.92. The number of aromatic nitrogens is 5. The largest absolute Gasteiger partial charge is 0.322 e. The van der Waals surface area contributed by atoms with Crippen molar-refractivity contribution in [2.75, 3.05) is 5.32 Å². The quantitative estimate of drug-likeness (QED) is 0.777. The lowest BCUT2D eigenvalue weighted by molar-refractivity contribution is 0.410. The fourth-order valence-electron chi connectivity index (χ4n) is 2.45. The normalized spacial score (nSPS) is 15.4. The molecule has 0 saturated heterocycles. The molecule has 3 heterocycles. The fourth-order valence-corrected chi connectivity index (χ4v) is 2.62. The SMILES string of the molecule is Clc1nc(Nc2cc(C3CCC3)[nH]n2)c2cccn2n1. The van der Waals surface area contributed by atoms with Gasteiger partial charge in [-0.3, -0.25) is 5.10 Å². The number of H-pyrrole nitrogens is 1. The summed E-state index contributed by atoms with van der Waals surface area (Å²) >= 11 is 5.92. The zero-order valence-corrected chi connectivity index (χ0v) is 11.4. The average molecular weight is 289 g/mol. The molecule has 4 rings (SSSR count). The van der Waals surface area contributed by atoms with Crippen molar-refractivity contribution in [3.8, 4) is 0 Å². The summed E-state index contributed by atoms with van der Waals surface area (Å²) in [6.07, 6.45) is 5.62. The molecular weight excluding hydrogens is 276 g/mol. The maximum absolute atomic E-state index is 5.92. The van der Waals surface area contributed by atoms with E-state index in [2.05, 4.69) is 25.6 Å². The summed E-state index contributed by atoms with van der Waals surface area (Å²) in [6, 6.07) is 5.87. The molecular formula is C13H13ClN6. The van der Waals surface area contributed by atoms with E-state index in [0.29, 0.717) is 11.7 Å². The van der Waals surface area contributed by atoms with Gasteiger partial charge >= 0.3 is 0 Å². The second kappa shape index (κ2) is 4.49. The smallest absolute Gasteiger partial charge is 0.243 e. The van der Waals surface area contributed by atoms with E-state index in [9.17, 15) is 0 Å². The first-order valence-electron chi connectivity index (χ1n) is 6.63. The number of hydrogen-bond acceptors (Lipinski definition) is 4. The molecule has 1 aliphatic rings. The fraction of sp³-hybridized carbons (Fsp3) is 0.308. The minimum absolute atomic E-state index is 0.200. The van der Waals surface area contributed by atoms with Crippen molar-refractivity contribution in [2.24, 2.45) is 0 Å². The molecule has 0 atom stereocenters. The number of fused-ring (bicyclic) bond motifs is 1. The Bertz CT molecular complexity index is 757. The molecule has 1 saturated carbocycles. The van der Waals surface area contributed by atoms with Gasteiger partial charge in [0.1, 0.15) is 5.52 Å². The van der Waals surface area contributed by atoms with E-state index < -0.39 is 0 Å². The van der Waals surface area contributed by atoms with Crippen LogP contribution in [-0.4, -0.2) is 24.8 Å². The molecule has 102 valence electrons. The molecule has 2 N–H and O–H groups in total. The Balaban J connectivity index is 1.66. The van der Waals surface area contributed by atoms with Gasteiger partial charge in [0.25, 0.3) is 0 Å². The zero-order valence-electron chi connectivity index (χ0n) is 10.7. The molecule has 20 heavy (non-hydrogen) atoms. The third-order valence-electron chi connectivity index (χ3n) is 3.75. The Morgan fingerprint density at radius 3 is 3.10 bits per heavy atom. The van der Waals surface area contributed by atoms with Gasteiger partial charge in [-0.25, -0.2) is 4.52 Å². The Hall–Kier alpha value is -2.08. The van der Waals surface area contributed by atoms with E-state index in [1.165, 1.54) is 25.0 Å². The summed E-state index contributed by atoms with van der Waals surface area (Å²) in [5.41, 5.74) is 2.05. The number of nitrogens with zero attached hydrogens (tertiary/aromatic N) is 4. The average Bonchev–Trinajstić information content (AvgIpc) is 2.96. The lowest BCUT2D eigenvalue weighted by Crippen LogP contribution is -2.08. The molecule has 0 radical (unpaired) electrons. The summed E-state index contributed by atoms with van der Waals surface area (Å²) in [5.74, 6) is 2.03. The highest BCUT2D eigenvalue weighted by molar-refractivity contribution is 6.28. The van der Waals surface area contributed by atoms with Crippen molar-refractivity contribution < 1.29 is 0 Å². The monoisotopic (exact) mass is 288 g/mol. The second-order valence-corrected chi connectivity index (χ2v) is 5.37. The van der Waals surface area contributed by atoms with Crippen LogP contribution in [0.5, 0.6) is 0 Å². The van der Waals surface area contributed by atoms with Gasteiger partial charge in [0.15, 0.2) is 11.6 Å². The highest BCUT2D eigenvalue weighted by Gasteiger charge is 2.21. The van der Waals surface area contributed by atoms with Crippen molar-refractivity contribution in [3.63, 3.8) is 0 Å². The van der Waals surface area contributed by atoms with Crippen molar-refractivity contribution in [3.05, 3.63) is 35.4 Å². The molecule has 0 unspecified atom stereocenters. The predicted molar refractivity (Wildman–Crippen MR) is 76.5 cm³/mol. The lowest BCUT2D eigenvalue weighted by Gasteiger charge is -2.23. The van der Waals surface area contributed by atoms with E-state index in [-0.39, 0.29) is 5.28 Å². The van der Waals surface area contributed by atoms with Crippen LogP contribution in [0, 0.1) is 0 Å². The molecule has 0 bridgehead atoms. The summed E-state index contributed by atoms with van der Waals surface area (Å²) in [7, 11) is 0. The van der Waals surface area contributed by atoms with Crippen LogP contribution in [0.15, 0.2) is 24.4 Å². The first kappa shape index (κ1) is 11.7. The lowest BCUT2D eigenvalue weighted by atomic mass is 9.83. The van der Waals surface area contributed by atoms with Gasteiger partial charge in [-0.2, -0.15) is 10.1 Å². The van der Waals surface area contributed by atoms with Gasteiger partial charge in [-0.15, -0.1) is 5.10 Å². The van der Waals surface area contributed by atoms with E-state index >= 15 is 0 Å². The van der Waals surface area contributed by atoms with Crippen LogP contribution < -0.4 is 5.32 Å². The van der Waals surface area contributed by atoms with E-state index in [1.54, 1.807) is 4.52 Å². The van der Waals surface area contributed by atoms with E-state index in [4.69, 9.17) is 11.6 Å².